The Bertz CT molecular complexity index is 355. The van der Waals surface area contributed by atoms with Crippen molar-refractivity contribution in [3.8, 4) is 0 Å². The Morgan fingerprint density at radius 1 is 1.25 bits per heavy atom. The van der Waals surface area contributed by atoms with E-state index in [1.165, 1.54) is 11.1 Å². The summed E-state index contributed by atoms with van der Waals surface area (Å²) in [6.45, 7) is 11.9. The van der Waals surface area contributed by atoms with Crippen molar-refractivity contribution in [3.05, 3.63) is 33.8 Å². The lowest BCUT2D eigenvalue weighted by Crippen LogP contribution is -2.16. The summed E-state index contributed by atoms with van der Waals surface area (Å²) in [6, 6.07) is 6.47. The highest BCUT2D eigenvalue weighted by atomic mass is 79.9. The predicted octanol–water partition coefficient (Wildman–Crippen LogP) is 4.25. The van der Waals surface area contributed by atoms with Gasteiger partial charge in [0.2, 0.25) is 0 Å². The third-order valence-corrected chi connectivity index (χ3v) is 3.78. The van der Waals surface area contributed by atoms with Crippen molar-refractivity contribution in [2.24, 2.45) is 0 Å². The molecule has 16 heavy (non-hydrogen) atoms. The first kappa shape index (κ1) is 13.9. The largest absolute Gasteiger partial charge is 0.416 e. The highest BCUT2D eigenvalue weighted by molar-refractivity contribution is 9.10. The van der Waals surface area contributed by atoms with Crippen LogP contribution in [0.5, 0.6) is 0 Å². The van der Waals surface area contributed by atoms with Crippen LogP contribution in [0.4, 0.5) is 0 Å². The fourth-order valence-corrected chi connectivity index (χ4v) is 2.50. The van der Waals surface area contributed by atoms with Crippen molar-refractivity contribution >= 4 is 25.0 Å². The van der Waals surface area contributed by atoms with E-state index in [4.69, 9.17) is 4.43 Å². The van der Waals surface area contributed by atoms with Gasteiger partial charge in [0, 0.05) is 4.47 Å². The summed E-state index contributed by atoms with van der Waals surface area (Å²) in [7, 11) is -0.939. The Morgan fingerprint density at radius 3 is 2.38 bits per heavy atom. The van der Waals surface area contributed by atoms with Crippen LogP contribution < -0.4 is 0 Å². The van der Waals surface area contributed by atoms with Crippen LogP contribution in [-0.2, 0) is 16.4 Å². The number of halogens is 1. The van der Waals surface area contributed by atoms with Gasteiger partial charge in [-0.25, -0.2) is 0 Å². The lowest BCUT2D eigenvalue weighted by atomic mass is 9.84. The van der Waals surface area contributed by atoms with E-state index in [1.807, 2.05) is 0 Å². The van der Waals surface area contributed by atoms with Gasteiger partial charge in [-0.15, -0.1) is 0 Å². The molecule has 1 rings (SSSR count). The Balaban J connectivity index is 2.99. The zero-order valence-corrected chi connectivity index (χ0v) is 13.5. The van der Waals surface area contributed by atoms with E-state index in [9.17, 15) is 0 Å². The molecule has 0 N–H and O–H groups in total. The second-order valence-corrected chi connectivity index (χ2v) is 8.76. The summed E-state index contributed by atoms with van der Waals surface area (Å²) in [4.78, 5) is 0. The molecule has 0 atom stereocenters. The van der Waals surface area contributed by atoms with Crippen LogP contribution >= 0.6 is 15.9 Å². The smallest absolute Gasteiger partial charge is 0.171 e. The van der Waals surface area contributed by atoms with Crippen molar-refractivity contribution in [2.75, 3.05) is 0 Å². The molecule has 0 saturated carbocycles. The zero-order chi connectivity index (χ0) is 12.3. The maximum Gasteiger partial charge on any atom is 0.171 e. The molecule has 0 unspecified atom stereocenters. The van der Waals surface area contributed by atoms with Crippen molar-refractivity contribution in [3.63, 3.8) is 0 Å². The van der Waals surface area contributed by atoms with Crippen LogP contribution in [0.2, 0.25) is 13.1 Å². The van der Waals surface area contributed by atoms with Gasteiger partial charge >= 0.3 is 0 Å². The predicted molar refractivity (Wildman–Crippen MR) is 76.5 cm³/mol. The van der Waals surface area contributed by atoms with Crippen molar-refractivity contribution < 1.29 is 4.43 Å². The summed E-state index contributed by atoms with van der Waals surface area (Å²) < 4.78 is 6.97. The van der Waals surface area contributed by atoms with Crippen LogP contribution in [0.3, 0.4) is 0 Å². The van der Waals surface area contributed by atoms with E-state index in [-0.39, 0.29) is 5.41 Å². The summed E-state index contributed by atoms with van der Waals surface area (Å²) >= 11 is 3.54. The fraction of sp³-hybridized carbons (Fsp3) is 0.538. The number of hydrogen-bond acceptors (Lipinski definition) is 1. The van der Waals surface area contributed by atoms with E-state index in [2.05, 4.69) is 68.0 Å². The molecule has 0 heterocycles. The maximum absolute atomic E-state index is 5.83. The summed E-state index contributed by atoms with van der Waals surface area (Å²) in [5.74, 6) is 0. The van der Waals surface area contributed by atoms with Crippen molar-refractivity contribution in [1.82, 2.24) is 0 Å². The zero-order valence-electron chi connectivity index (χ0n) is 10.8. The molecular formula is C13H21BrOSi. The van der Waals surface area contributed by atoms with E-state index >= 15 is 0 Å². The number of hydrogen-bond donors (Lipinski definition) is 0. The van der Waals surface area contributed by atoms with E-state index in [1.54, 1.807) is 0 Å². The van der Waals surface area contributed by atoms with Gasteiger partial charge in [-0.05, 0) is 41.8 Å². The number of rotatable bonds is 3. The van der Waals surface area contributed by atoms with Gasteiger partial charge in [0.1, 0.15) is 0 Å². The SMILES string of the molecule is C[SiH](C)OCc1ccc(Br)cc1C(C)(C)C. The van der Waals surface area contributed by atoms with Gasteiger partial charge in [-0.2, -0.15) is 0 Å². The lowest BCUT2D eigenvalue weighted by molar-refractivity contribution is 0.310. The molecule has 1 aromatic carbocycles. The summed E-state index contributed by atoms with van der Waals surface area (Å²) in [6.07, 6.45) is 0. The first-order valence-electron chi connectivity index (χ1n) is 5.71. The summed E-state index contributed by atoms with van der Waals surface area (Å²) in [5.41, 5.74) is 2.86. The van der Waals surface area contributed by atoms with E-state index in [0.717, 1.165) is 11.1 Å². The summed E-state index contributed by atoms with van der Waals surface area (Å²) in [5, 5.41) is 0. The monoisotopic (exact) mass is 300 g/mol. The molecular weight excluding hydrogens is 280 g/mol. The van der Waals surface area contributed by atoms with E-state index in [0.29, 0.717) is 0 Å². The normalized spacial score (nSPS) is 12.2. The van der Waals surface area contributed by atoms with Gasteiger partial charge in [0.25, 0.3) is 0 Å². The first-order chi connectivity index (χ1) is 7.30. The Morgan fingerprint density at radius 2 is 1.88 bits per heavy atom. The minimum Gasteiger partial charge on any atom is -0.416 e. The molecule has 0 saturated heterocycles. The van der Waals surface area contributed by atoms with Crippen LogP contribution in [0.15, 0.2) is 22.7 Å². The van der Waals surface area contributed by atoms with Crippen LogP contribution in [-0.4, -0.2) is 9.04 Å². The van der Waals surface area contributed by atoms with Crippen LogP contribution in [0.1, 0.15) is 31.9 Å². The molecule has 0 amide bonds. The molecule has 0 spiro atoms. The highest BCUT2D eigenvalue weighted by Gasteiger charge is 2.18. The van der Waals surface area contributed by atoms with Crippen molar-refractivity contribution in [1.29, 1.82) is 0 Å². The van der Waals surface area contributed by atoms with Crippen LogP contribution in [0.25, 0.3) is 0 Å². The fourth-order valence-electron chi connectivity index (χ4n) is 1.63. The second kappa shape index (κ2) is 5.47. The van der Waals surface area contributed by atoms with Crippen molar-refractivity contribution in [2.45, 2.75) is 45.9 Å². The molecule has 1 aromatic rings. The second-order valence-electron chi connectivity index (χ2n) is 5.41. The standard InChI is InChI=1S/C13H21BrOSi/c1-13(2,3)12-8-11(14)7-6-10(12)9-15-16(4)5/h6-8,16H,9H2,1-5H3. The molecule has 3 heteroatoms. The average Bonchev–Trinajstić information content (AvgIpc) is 2.14. The first-order valence-corrected chi connectivity index (χ1v) is 9.28. The molecule has 0 aliphatic carbocycles. The minimum absolute atomic E-state index is 0.168. The maximum atomic E-state index is 5.83. The molecule has 0 aliphatic heterocycles. The third-order valence-electron chi connectivity index (χ3n) is 2.45. The van der Waals surface area contributed by atoms with Gasteiger partial charge in [-0.1, -0.05) is 42.8 Å². The molecule has 0 aliphatic rings. The minimum atomic E-state index is -0.939. The Labute approximate surface area is 109 Å². The molecule has 0 fully saturated rings. The van der Waals surface area contributed by atoms with Crippen LogP contribution in [0, 0.1) is 0 Å². The highest BCUT2D eigenvalue weighted by Crippen LogP contribution is 2.29. The third kappa shape index (κ3) is 4.04. The molecule has 1 nitrogen and oxygen atoms in total. The number of benzene rings is 1. The molecule has 90 valence electrons. The Hall–Kier alpha value is -0.123. The average molecular weight is 301 g/mol. The van der Waals surface area contributed by atoms with Gasteiger partial charge in [0.15, 0.2) is 9.04 Å². The molecule has 0 radical (unpaired) electrons. The Kier molecular flexibility index (Phi) is 4.77. The van der Waals surface area contributed by atoms with Gasteiger partial charge in [0.05, 0.1) is 6.61 Å². The van der Waals surface area contributed by atoms with E-state index < -0.39 is 9.04 Å². The molecule has 0 bridgehead atoms. The van der Waals surface area contributed by atoms with Gasteiger partial charge in [-0.3, -0.25) is 0 Å². The topological polar surface area (TPSA) is 9.23 Å². The quantitative estimate of drug-likeness (QED) is 0.759. The molecule has 0 aromatic heterocycles. The lowest BCUT2D eigenvalue weighted by Gasteiger charge is -2.23. The van der Waals surface area contributed by atoms with Gasteiger partial charge < -0.3 is 4.43 Å².